The minimum absolute atomic E-state index is 0.0341. The number of nitrogens with one attached hydrogen (secondary N) is 1. The Morgan fingerprint density at radius 2 is 2.27 bits per heavy atom. The van der Waals surface area contributed by atoms with Crippen LogP contribution in [0.3, 0.4) is 0 Å². The van der Waals surface area contributed by atoms with Gasteiger partial charge >= 0.3 is 5.97 Å². The predicted molar refractivity (Wildman–Crippen MR) is 53.1 cm³/mol. The largest absolute Gasteiger partial charge is 0.476 e. The van der Waals surface area contributed by atoms with E-state index in [1.165, 1.54) is 0 Å². The van der Waals surface area contributed by atoms with Crippen LogP contribution in [0.1, 0.15) is 12.8 Å². The lowest BCUT2D eigenvalue weighted by Crippen LogP contribution is -2.21. The Labute approximate surface area is 86.8 Å². The topological polar surface area (TPSA) is 95.8 Å². The Kier molecular flexibility index (Phi) is 2.35. The molecule has 0 spiro atoms. The molecule has 2 N–H and O–H groups in total. The van der Waals surface area contributed by atoms with Gasteiger partial charge in [-0.25, -0.2) is 4.79 Å². The minimum atomic E-state index is -3.74. The highest BCUT2D eigenvalue weighted by Gasteiger charge is 2.29. The van der Waals surface area contributed by atoms with Crippen molar-refractivity contribution in [2.24, 2.45) is 4.40 Å². The van der Waals surface area contributed by atoms with Gasteiger partial charge in [-0.15, -0.1) is 0 Å². The van der Waals surface area contributed by atoms with E-state index >= 15 is 0 Å². The van der Waals surface area contributed by atoms with Crippen molar-refractivity contribution < 1.29 is 18.3 Å². The summed E-state index contributed by atoms with van der Waals surface area (Å²) in [7, 11) is -3.74. The van der Waals surface area contributed by atoms with Gasteiger partial charge in [0.2, 0.25) is 0 Å². The number of aliphatic carboxylic acids is 1. The standard InChI is InChI=1S/C8H10N2O4S/c11-8(12)7-3-6(15(13,14)10-7)4-9-5-1-2-5/h3,5,9H,1-2,4H2,(H,11,12). The minimum Gasteiger partial charge on any atom is -0.476 e. The van der Waals surface area contributed by atoms with E-state index in [9.17, 15) is 13.2 Å². The van der Waals surface area contributed by atoms with Crippen molar-refractivity contribution in [3.8, 4) is 0 Å². The van der Waals surface area contributed by atoms with E-state index in [0.29, 0.717) is 6.04 Å². The van der Waals surface area contributed by atoms with Gasteiger partial charge in [0, 0.05) is 12.6 Å². The molecule has 0 atom stereocenters. The van der Waals surface area contributed by atoms with Gasteiger partial charge in [-0.1, -0.05) is 0 Å². The van der Waals surface area contributed by atoms with E-state index < -0.39 is 21.7 Å². The molecule has 15 heavy (non-hydrogen) atoms. The number of nitrogens with zero attached hydrogens (tertiary/aromatic N) is 1. The average molecular weight is 230 g/mol. The van der Waals surface area contributed by atoms with Crippen LogP contribution in [0.25, 0.3) is 0 Å². The van der Waals surface area contributed by atoms with Crippen LogP contribution < -0.4 is 5.32 Å². The summed E-state index contributed by atoms with van der Waals surface area (Å²) in [6, 6.07) is 0.370. The third-order valence-corrected chi connectivity index (χ3v) is 3.57. The molecule has 0 unspecified atom stereocenters. The fourth-order valence-electron chi connectivity index (χ4n) is 1.22. The lowest BCUT2D eigenvalue weighted by Gasteiger charge is -2.01. The van der Waals surface area contributed by atoms with E-state index in [2.05, 4.69) is 9.71 Å². The normalized spacial score (nSPS) is 23.5. The van der Waals surface area contributed by atoms with Gasteiger partial charge in [-0.3, -0.25) is 0 Å². The Balaban J connectivity index is 2.11. The first-order valence-electron chi connectivity index (χ1n) is 4.51. The van der Waals surface area contributed by atoms with Gasteiger partial charge in [-0.05, 0) is 18.9 Å². The summed E-state index contributed by atoms with van der Waals surface area (Å²) in [6.45, 7) is 0.160. The molecule has 1 saturated carbocycles. The quantitative estimate of drug-likeness (QED) is 0.678. The molecule has 2 aliphatic rings. The monoisotopic (exact) mass is 230 g/mol. The van der Waals surface area contributed by atoms with Crippen molar-refractivity contribution in [1.82, 2.24) is 5.32 Å². The first-order chi connectivity index (χ1) is 6.99. The molecule has 6 nitrogen and oxygen atoms in total. The van der Waals surface area contributed by atoms with Gasteiger partial charge in [0.15, 0.2) is 5.71 Å². The van der Waals surface area contributed by atoms with Crippen LogP contribution >= 0.6 is 0 Å². The number of hydrogen-bond donors (Lipinski definition) is 2. The van der Waals surface area contributed by atoms with E-state index in [4.69, 9.17) is 5.11 Å². The van der Waals surface area contributed by atoms with E-state index in [-0.39, 0.29) is 11.4 Å². The zero-order chi connectivity index (χ0) is 11.1. The first kappa shape index (κ1) is 10.3. The highest BCUT2D eigenvalue weighted by atomic mass is 32.2. The summed E-state index contributed by atoms with van der Waals surface area (Å²) >= 11 is 0. The smallest absolute Gasteiger partial charge is 0.355 e. The van der Waals surface area contributed by atoms with Crippen LogP contribution in [0.2, 0.25) is 0 Å². The van der Waals surface area contributed by atoms with Crippen molar-refractivity contribution in [2.45, 2.75) is 18.9 Å². The predicted octanol–water partition coefficient (Wildman–Crippen LogP) is -0.509. The van der Waals surface area contributed by atoms with Crippen molar-refractivity contribution in [2.75, 3.05) is 6.54 Å². The second-order valence-electron chi connectivity index (χ2n) is 3.52. The summed E-state index contributed by atoms with van der Waals surface area (Å²) in [5.74, 6) is -1.32. The van der Waals surface area contributed by atoms with Crippen molar-refractivity contribution in [3.63, 3.8) is 0 Å². The van der Waals surface area contributed by atoms with Crippen LogP contribution in [-0.4, -0.2) is 37.8 Å². The molecule has 82 valence electrons. The highest BCUT2D eigenvalue weighted by Crippen LogP contribution is 2.21. The number of carboxylic acids is 1. The number of hydrogen-bond acceptors (Lipinski definition) is 4. The fraction of sp³-hybridized carbons (Fsp3) is 0.500. The number of carboxylic acid groups (broad SMARTS) is 1. The fourth-order valence-corrected chi connectivity index (χ4v) is 2.25. The van der Waals surface area contributed by atoms with E-state index in [0.717, 1.165) is 18.9 Å². The molecule has 0 radical (unpaired) electrons. The molecule has 1 heterocycles. The summed E-state index contributed by atoms with van der Waals surface area (Å²) in [5, 5.41) is 11.6. The summed E-state index contributed by atoms with van der Waals surface area (Å²) in [5.41, 5.74) is -0.414. The van der Waals surface area contributed by atoms with Crippen LogP contribution in [0, 0.1) is 0 Å². The molecule has 1 aliphatic carbocycles. The Morgan fingerprint density at radius 3 is 2.73 bits per heavy atom. The van der Waals surface area contributed by atoms with Crippen molar-refractivity contribution >= 4 is 21.7 Å². The van der Waals surface area contributed by atoms with Crippen LogP contribution in [0.15, 0.2) is 15.4 Å². The molecule has 2 rings (SSSR count). The number of carbonyl (C=O) groups is 1. The molecule has 0 amide bonds. The van der Waals surface area contributed by atoms with Gasteiger partial charge < -0.3 is 10.4 Å². The van der Waals surface area contributed by atoms with Crippen molar-refractivity contribution in [1.29, 1.82) is 0 Å². The molecule has 0 bridgehead atoms. The van der Waals surface area contributed by atoms with Crippen molar-refractivity contribution in [3.05, 3.63) is 11.0 Å². The maximum atomic E-state index is 11.4. The van der Waals surface area contributed by atoms with E-state index in [1.807, 2.05) is 0 Å². The molecular weight excluding hydrogens is 220 g/mol. The molecule has 1 aliphatic heterocycles. The second-order valence-corrected chi connectivity index (χ2v) is 5.18. The number of sulfonamides is 1. The third-order valence-electron chi connectivity index (χ3n) is 2.21. The first-order valence-corrected chi connectivity index (χ1v) is 5.95. The second kappa shape index (κ2) is 3.42. The third kappa shape index (κ3) is 2.24. The van der Waals surface area contributed by atoms with E-state index in [1.54, 1.807) is 0 Å². The molecule has 7 heteroatoms. The molecular formula is C8H10N2O4S. The zero-order valence-corrected chi connectivity index (χ0v) is 8.62. The lowest BCUT2D eigenvalue weighted by molar-refractivity contribution is -0.129. The highest BCUT2D eigenvalue weighted by molar-refractivity contribution is 7.94. The molecule has 0 aromatic carbocycles. The summed E-state index contributed by atoms with van der Waals surface area (Å²) in [6.07, 6.45) is 3.19. The van der Waals surface area contributed by atoms with Gasteiger partial charge in [-0.2, -0.15) is 12.8 Å². The summed E-state index contributed by atoms with van der Waals surface area (Å²) < 4.78 is 25.9. The maximum absolute atomic E-state index is 11.4. The molecule has 0 aromatic heterocycles. The van der Waals surface area contributed by atoms with Crippen LogP contribution in [0.5, 0.6) is 0 Å². The lowest BCUT2D eigenvalue weighted by atomic mass is 10.3. The SMILES string of the molecule is O=C(O)C1=NS(=O)(=O)C(CNC2CC2)=C1. The Morgan fingerprint density at radius 1 is 1.60 bits per heavy atom. The molecule has 0 aromatic rings. The van der Waals surface area contributed by atoms with Gasteiger partial charge in [0.05, 0.1) is 4.91 Å². The van der Waals surface area contributed by atoms with Crippen LogP contribution in [-0.2, 0) is 14.8 Å². The number of rotatable bonds is 4. The van der Waals surface area contributed by atoms with Crippen LogP contribution in [0.4, 0.5) is 0 Å². The van der Waals surface area contributed by atoms with Gasteiger partial charge in [0.1, 0.15) is 0 Å². The average Bonchev–Trinajstić information content (AvgIpc) is 2.88. The Bertz CT molecular complexity index is 459. The van der Waals surface area contributed by atoms with Gasteiger partial charge in [0.25, 0.3) is 10.0 Å². The molecule has 1 fully saturated rings. The Hall–Kier alpha value is -1.21. The summed E-state index contributed by atoms with van der Waals surface area (Å²) in [4.78, 5) is 10.6. The zero-order valence-electron chi connectivity index (χ0n) is 7.80. The maximum Gasteiger partial charge on any atom is 0.355 e. The molecule has 0 saturated heterocycles.